The SMILES string of the molecule is Cc1cc(F)ccc1C(=O)NC1(CO)CCC(C)CC1. The molecule has 1 amide bonds. The number of carbonyl (C=O) groups excluding carboxylic acids is 1. The molecule has 0 unspecified atom stereocenters. The molecular weight excluding hydrogens is 257 g/mol. The summed E-state index contributed by atoms with van der Waals surface area (Å²) in [5, 5.41) is 12.6. The van der Waals surface area contributed by atoms with Gasteiger partial charge in [0.05, 0.1) is 12.1 Å². The van der Waals surface area contributed by atoms with Crippen molar-refractivity contribution in [2.24, 2.45) is 5.92 Å². The molecule has 1 aromatic rings. The zero-order valence-electron chi connectivity index (χ0n) is 12.1. The van der Waals surface area contributed by atoms with Gasteiger partial charge in [0.25, 0.3) is 5.91 Å². The average Bonchev–Trinajstić information content (AvgIpc) is 2.41. The van der Waals surface area contributed by atoms with Crippen molar-refractivity contribution in [1.29, 1.82) is 0 Å². The van der Waals surface area contributed by atoms with Gasteiger partial charge in [-0.05, 0) is 62.3 Å². The molecule has 0 atom stereocenters. The lowest BCUT2D eigenvalue weighted by molar-refractivity contribution is 0.0716. The van der Waals surface area contributed by atoms with Crippen LogP contribution in [0.25, 0.3) is 0 Å². The van der Waals surface area contributed by atoms with Gasteiger partial charge in [-0.1, -0.05) is 6.92 Å². The molecule has 0 heterocycles. The fourth-order valence-corrected chi connectivity index (χ4v) is 2.83. The first-order valence-corrected chi connectivity index (χ1v) is 7.15. The molecule has 1 aliphatic carbocycles. The Morgan fingerprint density at radius 2 is 2.10 bits per heavy atom. The van der Waals surface area contributed by atoms with Crippen LogP contribution in [0.4, 0.5) is 4.39 Å². The summed E-state index contributed by atoms with van der Waals surface area (Å²) >= 11 is 0. The van der Waals surface area contributed by atoms with E-state index in [0.717, 1.165) is 25.7 Å². The first-order chi connectivity index (χ1) is 9.46. The van der Waals surface area contributed by atoms with Crippen LogP contribution in [0.3, 0.4) is 0 Å². The highest BCUT2D eigenvalue weighted by Gasteiger charge is 2.35. The van der Waals surface area contributed by atoms with E-state index in [-0.39, 0.29) is 18.3 Å². The number of aliphatic hydroxyl groups excluding tert-OH is 1. The van der Waals surface area contributed by atoms with E-state index in [4.69, 9.17) is 0 Å². The van der Waals surface area contributed by atoms with Gasteiger partial charge in [0.15, 0.2) is 0 Å². The second-order valence-corrected chi connectivity index (χ2v) is 6.03. The Kier molecular flexibility index (Phi) is 4.43. The summed E-state index contributed by atoms with van der Waals surface area (Å²) in [5.41, 5.74) is 0.558. The summed E-state index contributed by atoms with van der Waals surface area (Å²) in [6.45, 7) is 3.85. The van der Waals surface area contributed by atoms with Crippen molar-refractivity contribution in [2.75, 3.05) is 6.61 Å². The largest absolute Gasteiger partial charge is 0.394 e. The summed E-state index contributed by atoms with van der Waals surface area (Å²) in [6.07, 6.45) is 3.58. The van der Waals surface area contributed by atoms with Gasteiger partial charge in [0, 0.05) is 5.56 Å². The van der Waals surface area contributed by atoms with Gasteiger partial charge in [-0.15, -0.1) is 0 Å². The highest BCUT2D eigenvalue weighted by Crippen LogP contribution is 2.32. The highest BCUT2D eigenvalue weighted by molar-refractivity contribution is 5.96. The van der Waals surface area contributed by atoms with Crippen LogP contribution in [-0.4, -0.2) is 23.2 Å². The predicted molar refractivity (Wildman–Crippen MR) is 76.1 cm³/mol. The maximum absolute atomic E-state index is 13.1. The van der Waals surface area contributed by atoms with Crippen LogP contribution < -0.4 is 5.32 Å². The van der Waals surface area contributed by atoms with Crippen molar-refractivity contribution in [3.8, 4) is 0 Å². The minimum absolute atomic E-state index is 0.0499. The zero-order chi connectivity index (χ0) is 14.8. The Morgan fingerprint density at radius 3 is 2.65 bits per heavy atom. The summed E-state index contributed by atoms with van der Waals surface area (Å²) in [5.74, 6) is 0.0626. The molecule has 1 fully saturated rings. The minimum Gasteiger partial charge on any atom is -0.394 e. The van der Waals surface area contributed by atoms with Gasteiger partial charge >= 0.3 is 0 Å². The lowest BCUT2D eigenvalue weighted by atomic mass is 9.77. The number of aliphatic hydroxyl groups is 1. The van der Waals surface area contributed by atoms with Crippen molar-refractivity contribution in [2.45, 2.75) is 45.1 Å². The van der Waals surface area contributed by atoms with Gasteiger partial charge in [-0.3, -0.25) is 4.79 Å². The normalized spacial score (nSPS) is 26.3. The maximum atomic E-state index is 13.1. The molecule has 20 heavy (non-hydrogen) atoms. The van der Waals surface area contributed by atoms with E-state index < -0.39 is 5.54 Å². The number of hydrogen-bond donors (Lipinski definition) is 2. The quantitative estimate of drug-likeness (QED) is 0.894. The molecule has 2 N–H and O–H groups in total. The van der Waals surface area contributed by atoms with Gasteiger partial charge in [0.2, 0.25) is 0 Å². The van der Waals surface area contributed by atoms with E-state index in [0.29, 0.717) is 17.0 Å². The third-order valence-electron chi connectivity index (χ3n) is 4.35. The zero-order valence-corrected chi connectivity index (χ0v) is 12.1. The molecule has 2 rings (SSSR count). The van der Waals surface area contributed by atoms with E-state index in [2.05, 4.69) is 12.2 Å². The first-order valence-electron chi connectivity index (χ1n) is 7.15. The maximum Gasteiger partial charge on any atom is 0.252 e. The van der Waals surface area contributed by atoms with E-state index >= 15 is 0 Å². The molecule has 1 aromatic carbocycles. The Labute approximate surface area is 119 Å². The number of hydrogen-bond acceptors (Lipinski definition) is 2. The van der Waals surface area contributed by atoms with Crippen molar-refractivity contribution < 1.29 is 14.3 Å². The summed E-state index contributed by atoms with van der Waals surface area (Å²) < 4.78 is 13.1. The standard InChI is InChI=1S/C16H22FNO2/c1-11-5-7-16(10-19,8-6-11)18-15(20)14-4-3-13(17)9-12(14)2/h3-4,9,11,19H,5-8,10H2,1-2H3,(H,18,20). The Morgan fingerprint density at radius 1 is 1.45 bits per heavy atom. The van der Waals surface area contributed by atoms with Gasteiger partial charge in [-0.2, -0.15) is 0 Å². The fraction of sp³-hybridized carbons (Fsp3) is 0.562. The van der Waals surface area contributed by atoms with E-state index in [1.54, 1.807) is 6.92 Å². The molecule has 0 aromatic heterocycles. The predicted octanol–water partition coefficient (Wildman–Crippen LogP) is 2.81. The minimum atomic E-state index is -0.523. The van der Waals surface area contributed by atoms with E-state index in [9.17, 15) is 14.3 Å². The number of nitrogens with one attached hydrogen (secondary N) is 1. The van der Waals surface area contributed by atoms with Gasteiger partial charge < -0.3 is 10.4 Å². The lowest BCUT2D eigenvalue weighted by Crippen LogP contribution is -2.53. The third kappa shape index (κ3) is 3.18. The second kappa shape index (κ2) is 5.92. The smallest absolute Gasteiger partial charge is 0.252 e. The Hall–Kier alpha value is -1.42. The number of benzene rings is 1. The molecule has 3 nitrogen and oxygen atoms in total. The number of rotatable bonds is 3. The fourth-order valence-electron chi connectivity index (χ4n) is 2.83. The first kappa shape index (κ1) is 15.0. The Bertz CT molecular complexity index is 493. The van der Waals surface area contributed by atoms with Crippen LogP contribution in [0.5, 0.6) is 0 Å². The molecule has 0 saturated heterocycles. The van der Waals surface area contributed by atoms with Gasteiger partial charge in [-0.25, -0.2) is 4.39 Å². The highest BCUT2D eigenvalue weighted by atomic mass is 19.1. The molecule has 0 spiro atoms. The summed E-state index contributed by atoms with van der Waals surface area (Å²) in [4.78, 5) is 12.3. The lowest BCUT2D eigenvalue weighted by Gasteiger charge is -2.38. The summed E-state index contributed by atoms with van der Waals surface area (Å²) in [7, 11) is 0. The third-order valence-corrected chi connectivity index (χ3v) is 4.35. The van der Waals surface area contributed by atoms with Crippen LogP contribution in [-0.2, 0) is 0 Å². The van der Waals surface area contributed by atoms with Gasteiger partial charge in [0.1, 0.15) is 5.82 Å². The second-order valence-electron chi connectivity index (χ2n) is 6.03. The Balaban J connectivity index is 2.13. The molecule has 0 aliphatic heterocycles. The molecular formula is C16H22FNO2. The van der Waals surface area contributed by atoms with Crippen LogP contribution in [0.2, 0.25) is 0 Å². The van der Waals surface area contributed by atoms with Crippen molar-refractivity contribution in [3.63, 3.8) is 0 Å². The number of carbonyl (C=O) groups is 1. The molecule has 4 heteroatoms. The van der Waals surface area contributed by atoms with Crippen molar-refractivity contribution in [1.82, 2.24) is 5.32 Å². The molecule has 0 bridgehead atoms. The molecule has 1 saturated carbocycles. The molecule has 1 aliphatic rings. The van der Waals surface area contributed by atoms with Crippen molar-refractivity contribution >= 4 is 5.91 Å². The number of aryl methyl sites for hydroxylation is 1. The van der Waals surface area contributed by atoms with Crippen LogP contribution >= 0.6 is 0 Å². The van der Waals surface area contributed by atoms with Crippen molar-refractivity contribution in [3.05, 3.63) is 35.1 Å². The van der Waals surface area contributed by atoms with Crippen LogP contribution in [0.15, 0.2) is 18.2 Å². The molecule has 0 radical (unpaired) electrons. The average molecular weight is 279 g/mol. The number of halogens is 1. The van der Waals surface area contributed by atoms with E-state index in [1.807, 2.05) is 0 Å². The molecule has 110 valence electrons. The monoisotopic (exact) mass is 279 g/mol. The number of amides is 1. The van der Waals surface area contributed by atoms with Crippen LogP contribution in [0.1, 0.15) is 48.5 Å². The van der Waals surface area contributed by atoms with Crippen LogP contribution in [0, 0.1) is 18.7 Å². The van der Waals surface area contributed by atoms with E-state index in [1.165, 1.54) is 18.2 Å². The summed E-state index contributed by atoms with van der Waals surface area (Å²) in [6, 6.07) is 4.14. The topological polar surface area (TPSA) is 49.3 Å².